The molecule has 0 fully saturated rings. The van der Waals surface area contributed by atoms with E-state index in [2.05, 4.69) is 17.2 Å². The summed E-state index contributed by atoms with van der Waals surface area (Å²) >= 11 is 6.12. The molecule has 0 unspecified atom stereocenters. The van der Waals surface area contributed by atoms with Crippen LogP contribution < -0.4 is 11.1 Å². The van der Waals surface area contributed by atoms with Gasteiger partial charge in [-0.3, -0.25) is 9.78 Å². The number of hydrogen-bond donors (Lipinski definition) is 2. The van der Waals surface area contributed by atoms with Gasteiger partial charge in [-0.05, 0) is 30.7 Å². The van der Waals surface area contributed by atoms with Gasteiger partial charge in [-0.15, -0.1) is 0 Å². The standard InChI is InChI=1S/C15H18ClN3O/c1-2-3-6-12(17)15(20)19-13-8-7-11(16)10-5-4-9-18-14(10)13/h4-5,7-9,12H,2-3,6,17H2,1H3,(H,19,20)/t12-/m0/s1. The Kier molecular flexibility index (Phi) is 4.93. The van der Waals surface area contributed by atoms with E-state index in [1.807, 2.05) is 12.1 Å². The van der Waals surface area contributed by atoms with Gasteiger partial charge in [0, 0.05) is 11.6 Å². The number of rotatable bonds is 5. The zero-order valence-electron chi connectivity index (χ0n) is 11.4. The van der Waals surface area contributed by atoms with Crippen molar-refractivity contribution in [2.75, 3.05) is 5.32 Å². The van der Waals surface area contributed by atoms with Crippen LogP contribution in [0.15, 0.2) is 30.5 Å². The van der Waals surface area contributed by atoms with E-state index in [-0.39, 0.29) is 5.91 Å². The van der Waals surface area contributed by atoms with Gasteiger partial charge in [0.2, 0.25) is 5.91 Å². The Balaban J connectivity index is 2.22. The number of carbonyl (C=O) groups excluding carboxylic acids is 1. The van der Waals surface area contributed by atoms with Crippen molar-refractivity contribution in [3.05, 3.63) is 35.5 Å². The maximum atomic E-state index is 12.1. The summed E-state index contributed by atoms with van der Waals surface area (Å²) in [7, 11) is 0. The molecular formula is C15H18ClN3O. The zero-order valence-corrected chi connectivity index (χ0v) is 12.2. The molecule has 0 aliphatic carbocycles. The molecule has 4 nitrogen and oxygen atoms in total. The number of hydrogen-bond acceptors (Lipinski definition) is 3. The summed E-state index contributed by atoms with van der Waals surface area (Å²) in [5.41, 5.74) is 7.18. The summed E-state index contributed by atoms with van der Waals surface area (Å²) in [6.45, 7) is 2.07. The molecule has 1 amide bonds. The number of amides is 1. The Morgan fingerprint density at radius 1 is 1.45 bits per heavy atom. The molecule has 0 bridgehead atoms. The van der Waals surface area contributed by atoms with Crippen molar-refractivity contribution in [1.29, 1.82) is 0 Å². The first kappa shape index (κ1) is 14.8. The van der Waals surface area contributed by atoms with Crippen LogP contribution in [0.3, 0.4) is 0 Å². The van der Waals surface area contributed by atoms with Gasteiger partial charge in [-0.25, -0.2) is 0 Å². The quantitative estimate of drug-likeness (QED) is 0.888. The Labute approximate surface area is 123 Å². The van der Waals surface area contributed by atoms with Gasteiger partial charge >= 0.3 is 0 Å². The molecule has 0 aliphatic rings. The number of pyridine rings is 1. The Hall–Kier alpha value is -1.65. The lowest BCUT2D eigenvalue weighted by molar-refractivity contribution is -0.117. The third-order valence-corrected chi connectivity index (χ3v) is 3.51. The van der Waals surface area contributed by atoms with Crippen LogP contribution in [-0.4, -0.2) is 16.9 Å². The lowest BCUT2D eigenvalue weighted by Gasteiger charge is -2.13. The lowest BCUT2D eigenvalue weighted by Crippen LogP contribution is -2.35. The Morgan fingerprint density at radius 2 is 2.25 bits per heavy atom. The van der Waals surface area contributed by atoms with Crippen molar-refractivity contribution in [1.82, 2.24) is 4.98 Å². The fourth-order valence-corrected chi connectivity index (χ4v) is 2.23. The molecule has 1 atom stereocenters. The predicted octanol–water partition coefficient (Wildman–Crippen LogP) is 3.34. The zero-order chi connectivity index (χ0) is 14.5. The van der Waals surface area contributed by atoms with E-state index >= 15 is 0 Å². The topological polar surface area (TPSA) is 68.0 Å². The number of nitrogens with one attached hydrogen (secondary N) is 1. The van der Waals surface area contributed by atoms with Crippen LogP contribution in [0.5, 0.6) is 0 Å². The molecule has 106 valence electrons. The lowest BCUT2D eigenvalue weighted by atomic mass is 10.1. The molecule has 0 saturated carbocycles. The number of carbonyl (C=O) groups is 1. The van der Waals surface area contributed by atoms with E-state index in [4.69, 9.17) is 17.3 Å². The van der Waals surface area contributed by atoms with E-state index in [0.29, 0.717) is 22.6 Å². The molecule has 2 rings (SSSR count). The average molecular weight is 292 g/mol. The van der Waals surface area contributed by atoms with Gasteiger partial charge in [-0.1, -0.05) is 31.4 Å². The van der Waals surface area contributed by atoms with Gasteiger partial charge in [-0.2, -0.15) is 0 Å². The van der Waals surface area contributed by atoms with E-state index in [1.54, 1.807) is 18.3 Å². The normalized spacial score (nSPS) is 12.3. The minimum absolute atomic E-state index is 0.187. The average Bonchev–Trinajstić information content (AvgIpc) is 2.47. The fraction of sp³-hybridized carbons (Fsp3) is 0.333. The summed E-state index contributed by atoms with van der Waals surface area (Å²) in [6, 6.07) is 6.69. The van der Waals surface area contributed by atoms with Crippen molar-refractivity contribution in [2.45, 2.75) is 32.2 Å². The summed E-state index contributed by atoms with van der Waals surface area (Å²) in [6.07, 6.45) is 4.31. The highest BCUT2D eigenvalue weighted by molar-refractivity contribution is 6.35. The third kappa shape index (κ3) is 3.26. The molecule has 0 spiro atoms. The van der Waals surface area contributed by atoms with Crippen LogP contribution in [0.4, 0.5) is 5.69 Å². The smallest absolute Gasteiger partial charge is 0.241 e. The summed E-state index contributed by atoms with van der Waals surface area (Å²) in [5, 5.41) is 4.26. The number of fused-ring (bicyclic) bond motifs is 1. The molecule has 0 radical (unpaired) electrons. The van der Waals surface area contributed by atoms with Crippen LogP contribution in [-0.2, 0) is 4.79 Å². The van der Waals surface area contributed by atoms with Gasteiger partial charge < -0.3 is 11.1 Å². The second-order valence-electron chi connectivity index (χ2n) is 4.73. The summed E-state index contributed by atoms with van der Waals surface area (Å²) < 4.78 is 0. The first-order valence-electron chi connectivity index (χ1n) is 6.73. The summed E-state index contributed by atoms with van der Waals surface area (Å²) in [5.74, 6) is -0.187. The number of anilines is 1. The maximum absolute atomic E-state index is 12.1. The molecule has 20 heavy (non-hydrogen) atoms. The highest BCUT2D eigenvalue weighted by Crippen LogP contribution is 2.28. The number of nitrogens with zero attached hydrogens (tertiary/aromatic N) is 1. The predicted molar refractivity (Wildman–Crippen MR) is 82.9 cm³/mol. The monoisotopic (exact) mass is 291 g/mol. The Bertz CT molecular complexity index is 615. The molecule has 0 saturated heterocycles. The largest absolute Gasteiger partial charge is 0.323 e. The second-order valence-corrected chi connectivity index (χ2v) is 5.14. The SMILES string of the molecule is CCCC[C@H](N)C(=O)Nc1ccc(Cl)c2cccnc12. The van der Waals surface area contributed by atoms with Crippen molar-refractivity contribution < 1.29 is 4.79 Å². The molecular weight excluding hydrogens is 274 g/mol. The molecule has 2 aromatic rings. The van der Waals surface area contributed by atoms with Gasteiger partial charge in [0.25, 0.3) is 0 Å². The fourth-order valence-electron chi connectivity index (χ4n) is 2.02. The van der Waals surface area contributed by atoms with Crippen LogP contribution in [0.2, 0.25) is 5.02 Å². The minimum atomic E-state index is -0.496. The molecule has 3 N–H and O–H groups in total. The van der Waals surface area contributed by atoms with Crippen LogP contribution in [0.1, 0.15) is 26.2 Å². The number of nitrogens with two attached hydrogens (primary N) is 1. The number of aromatic nitrogens is 1. The molecule has 5 heteroatoms. The van der Waals surface area contributed by atoms with E-state index in [0.717, 1.165) is 18.2 Å². The maximum Gasteiger partial charge on any atom is 0.241 e. The number of halogens is 1. The van der Waals surface area contributed by atoms with Crippen LogP contribution in [0, 0.1) is 0 Å². The van der Waals surface area contributed by atoms with E-state index < -0.39 is 6.04 Å². The first-order valence-corrected chi connectivity index (χ1v) is 7.11. The van der Waals surface area contributed by atoms with Gasteiger partial charge in [0.1, 0.15) is 0 Å². The van der Waals surface area contributed by atoms with Crippen molar-refractivity contribution in [3.63, 3.8) is 0 Å². The highest BCUT2D eigenvalue weighted by Gasteiger charge is 2.15. The number of benzene rings is 1. The molecule has 0 aliphatic heterocycles. The third-order valence-electron chi connectivity index (χ3n) is 3.18. The highest BCUT2D eigenvalue weighted by atomic mass is 35.5. The van der Waals surface area contributed by atoms with E-state index in [9.17, 15) is 4.79 Å². The van der Waals surface area contributed by atoms with E-state index in [1.165, 1.54) is 0 Å². The van der Waals surface area contributed by atoms with Crippen molar-refractivity contribution in [3.8, 4) is 0 Å². The minimum Gasteiger partial charge on any atom is -0.323 e. The van der Waals surface area contributed by atoms with Gasteiger partial charge in [0.15, 0.2) is 0 Å². The van der Waals surface area contributed by atoms with Crippen molar-refractivity contribution in [2.24, 2.45) is 5.73 Å². The first-order chi connectivity index (χ1) is 9.63. The number of unbranched alkanes of at least 4 members (excludes halogenated alkanes) is 1. The second kappa shape index (κ2) is 6.68. The van der Waals surface area contributed by atoms with Crippen LogP contribution >= 0.6 is 11.6 Å². The molecule has 1 aromatic heterocycles. The Morgan fingerprint density at radius 3 is 3.00 bits per heavy atom. The molecule has 1 heterocycles. The van der Waals surface area contributed by atoms with Crippen molar-refractivity contribution >= 4 is 34.1 Å². The molecule has 1 aromatic carbocycles. The van der Waals surface area contributed by atoms with Crippen LogP contribution in [0.25, 0.3) is 10.9 Å². The summed E-state index contributed by atoms with van der Waals surface area (Å²) in [4.78, 5) is 16.3. The van der Waals surface area contributed by atoms with Gasteiger partial charge in [0.05, 0.1) is 22.3 Å².